The summed E-state index contributed by atoms with van der Waals surface area (Å²) in [7, 11) is 0. The van der Waals surface area contributed by atoms with Crippen molar-refractivity contribution in [3.63, 3.8) is 0 Å². The van der Waals surface area contributed by atoms with Crippen molar-refractivity contribution in [1.82, 2.24) is 15.0 Å². The van der Waals surface area contributed by atoms with Crippen LogP contribution in [0.15, 0.2) is 12.3 Å². The van der Waals surface area contributed by atoms with E-state index >= 15 is 0 Å². The molecule has 2 aromatic heterocycles. The molecule has 0 aromatic carbocycles. The topological polar surface area (TPSA) is 50.7 Å². The first-order valence-electron chi connectivity index (χ1n) is 7.30. The van der Waals surface area contributed by atoms with E-state index in [-0.39, 0.29) is 0 Å². The van der Waals surface area contributed by atoms with E-state index in [4.69, 9.17) is 4.98 Å². The normalized spacial score (nSPS) is 10.7. The molecule has 0 bridgehead atoms. The van der Waals surface area contributed by atoms with Gasteiger partial charge in [-0.15, -0.1) is 0 Å². The number of halogens is 1. The molecule has 5 heteroatoms. The van der Waals surface area contributed by atoms with E-state index in [0.29, 0.717) is 5.82 Å². The van der Waals surface area contributed by atoms with Crippen LogP contribution in [0.25, 0.3) is 11.5 Å². The molecule has 1 N–H and O–H groups in total. The van der Waals surface area contributed by atoms with E-state index in [1.54, 1.807) is 0 Å². The molecule has 0 saturated carbocycles. The van der Waals surface area contributed by atoms with Gasteiger partial charge in [-0.3, -0.25) is 4.98 Å². The number of rotatable bonds is 5. The van der Waals surface area contributed by atoms with Crippen LogP contribution in [-0.2, 0) is 6.42 Å². The van der Waals surface area contributed by atoms with Crippen molar-refractivity contribution in [3.8, 4) is 11.5 Å². The second kappa shape index (κ2) is 7.15. The second-order valence-electron chi connectivity index (χ2n) is 5.11. The summed E-state index contributed by atoms with van der Waals surface area (Å²) in [6.07, 6.45) is 3.83. The van der Waals surface area contributed by atoms with Crippen molar-refractivity contribution in [2.75, 3.05) is 11.9 Å². The lowest BCUT2D eigenvalue weighted by atomic mass is 10.1. The maximum absolute atomic E-state index is 4.70. The third-order valence-corrected chi connectivity index (χ3v) is 4.36. The van der Waals surface area contributed by atoms with Crippen LogP contribution in [0.1, 0.15) is 37.1 Å². The van der Waals surface area contributed by atoms with Gasteiger partial charge < -0.3 is 5.32 Å². The largest absolute Gasteiger partial charge is 0.369 e. The van der Waals surface area contributed by atoms with Crippen LogP contribution in [0.4, 0.5) is 5.82 Å². The summed E-state index contributed by atoms with van der Waals surface area (Å²) < 4.78 is 1.11. The summed E-state index contributed by atoms with van der Waals surface area (Å²) in [5.74, 6) is 1.63. The predicted octanol–water partition coefficient (Wildman–Crippen LogP) is 4.14. The lowest BCUT2D eigenvalue weighted by Gasteiger charge is -2.12. The van der Waals surface area contributed by atoms with Gasteiger partial charge in [-0.2, -0.15) is 0 Å². The zero-order chi connectivity index (χ0) is 15.4. The van der Waals surface area contributed by atoms with Gasteiger partial charge in [0, 0.05) is 12.7 Å². The molecule has 112 valence electrons. The minimum atomic E-state index is 0.711. The second-order valence-corrected chi connectivity index (χ2v) is 6.19. The SMILES string of the molecule is CCCNc1nc(-c2ncc(C)cc2C)nc(CC)c1I. The lowest BCUT2D eigenvalue weighted by molar-refractivity contribution is 0.939. The molecule has 0 aliphatic heterocycles. The number of hydrogen-bond acceptors (Lipinski definition) is 4. The highest BCUT2D eigenvalue weighted by molar-refractivity contribution is 14.1. The van der Waals surface area contributed by atoms with Gasteiger partial charge in [0.25, 0.3) is 0 Å². The maximum Gasteiger partial charge on any atom is 0.180 e. The molecule has 0 fully saturated rings. The fourth-order valence-corrected chi connectivity index (χ4v) is 2.96. The summed E-state index contributed by atoms with van der Waals surface area (Å²) in [4.78, 5) is 13.9. The van der Waals surface area contributed by atoms with Gasteiger partial charge in [0.2, 0.25) is 0 Å². The zero-order valence-electron chi connectivity index (χ0n) is 13.0. The van der Waals surface area contributed by atoms with Crippen LogP contribution in [-0.4, -0.2) is 21.5 Å². The molecule has 0 aliphatic carbocycles. The molecule has 0 spiro atoms. The summed E-state index contributed by atoms with van der Waals surface area (Å²) >= 11 is 2.32. The smallest absolute Gasteiger partial charge is 0.180 e. The average molecular weight is 396 g/mol. The highest BCUT2D eigenvalue weighted by Crippen LogP contribution is 2.25. The molecule has 0 atom stereocenters. The van der Waals surface area contributed by atoms with Crippen LogP contribution in [0.3, 0.4) is 0 Å². The van der Waals surface area contributed by atoms with Crippen LogP contribution >= 0.6 is 22.6 Å². The molecule has 0 saturated heterocycles. The molecule has 0 unspecified atom stereocenters. The molecule has 21 heavy (non-hydrogen) atoms. The number of aromatic nitrogens is 3. The minimum Gasteiger partial charge on any atom is -0.369 e. The van der Waals surface area contributed by atoms with Crippen molar-refractivity contribution in [3.05, 3.63) is 32.7 Å². The Labute approximate surface area is 140 Å². The van der Waals surface area contributed by atoms with E-state index in [1.807, 2.05) is 13.1 Å². The summed E-state index contributed by atoms with van der Waals surface area (Å²) in [5, 5.41) is 3.39. The highest BCUT2D eigenvalue weighted by atomic mass is 127. The molecule has 4 nitrogen and oxygen atoms in total. The van der Waals surface area contributed by atoms with Crippen molar-refractivity contribution >= 4 is 28.4 Å². The number of hydrogen-bond donors (Lipinski definition) is 1. The van der Waals surface area contributed by atoms with Crippen LogP contribution in [0, 0.1) is 17.4 Å². The van der Waals surface area contributed by atoms with Crippen molar-refractivity contribution < 1.29 is 0 Å². The van der Waals surface area contributed by atoms with Crippen LogP contribution in [0.5, 0.6) is 0 Å². The molecule has 2 heterocycles. The van der Waals surface area contributed by atoms with Gasteiger partial charge >= 0.3 is 0 Å². The maximum atomic E-state index is 4.70. The zero-order valence-corrected chi connectivity index (χ0v) is 15.2. The first-order chi connectivity index (χ1) is 10.1. The number of aryl methyl sites for hydroxylation is 3. The van der Waals surface area contributed by atoms with E-state index in [2.05, 4.69) is 64.7 Å². The Kier molecular flexibility index (Phi) is 5.50. The molecule has 0 aliphatic rings. The van der Waals surface area contributed by atoms with Gasteiger partial charge in [-0.25, -0.2) is 9.97 Å². The molecular weight excluding hydrogens is 375 g/mol. The Hall–Kier alpha value is -1.24. The van der Waals surface area contributed by atoms with E-state index in [1.165, 1.54) is 0 Å². The number of anilines is 1. The number of nitrogens with one attached hydrogen (secondary N) is 1. The molecule has 2 aromatic rings. The van der Waals surface area contributed by atoms with Crippen molar-refractivity contribution in [2.45, 2.75) is 40.5 Å². The number of pyridine rings is 1. The summed E-state index contributed by atoms with van der Waals surface area (Å²) in [5.41, 5.74) is 4.20. The van der Waals surface area contributed by atoms with Crippen LogP contribution in [0.2, 0.25) is 0 Å². The number of nitrogens with zero attached hydrogens (tertiary/aromatic N) is 3. The Morgan fingerprint density at radius 3 is 2.57 bits per heavy atom. The van der Waals surface area contributed by atoms with E-state index < -0.39 is 0 Å². The Morgan fingerprint density at radius 1 is 1.19 bits per heavy atom. The average Bonchev–Trinajstić information content (AvgIpc) is 2.46. The first kappa shape index (κ1) is 16.1. The van der Waals surface area contributed by atoms with Crippen LogP contribution < -0.4 is 5.32 Å². The lowest BCUT2D eigenvalue weighted by Crippen LogP contribution is -2.09. The fraction of sp³-hybridized carbons (Fsp3) is 0.438. The van der Waals surface area contributed by atoms with Crippen molar-refractivity contribution in [2.24, 2.45) is 0 Å². The molecule has 2 rings (SSSR count). The standard InChI is InChI=1S/C16H21IN4/c1-5-7-18-15-13(17)12(6-2)20-16(21-15)14-11(4)8-10(3)9-19-14/h8-9H,5-7H2,1-4H3,(H,18,20,21). The summed E-state index contributed by atoms with van der Waals surface area (Å²) in [6.45, 7) is 9.28. The minimum absolute atomic E-state index is 0.711. The van der Waals surface area contributed by atoms with Gasteiger partial charge in [0.05, 0.1) is 9.26 Å². The third kappa shape index (κ3) is 3.70. The van der Waals surface area contributed by atoms with E-state index in [0.717, 1.165) is 51.3 Å². The Balaban J connectivity index is 2.52. The Bertz CT molecular complexity index is 640. The summed E-state index contributed by atoms with van der Waals surface area (Å²) in [6, 6.07) is 2.12. The van der Waals surface area contributed by atoms with Gasteiger partial charge in [-0.05, 0) is 60.4 Å². The quantitative estimate of drug-likeness (QED) is 0.772. The third-order valence-electron chi connectivity index (χ3n) is 3.22. The van der Waals surface area contributed by atoms with Gasteiger partial charge in [0.15, 0.2) is 5.82 Å². The van der Waals surface area contributed by atoms with E-state index in [9.17, 15) is 0 Å². The molecular formula is C16H21IN4. The first-order valence-corrected chi connectivity index (χ1v) is 8.38. The predicted molar refractivity (Wildman–Crippen MR) is 95.6 cm³/mol. The molecule has 0 radical (unpaired) electrons. The molecule has 0 amide bonds. The fourth-order valence-electron chi connectivity index (χ4n) is 2.14. The highest BCUT2D eigenvalue weighted by Gasteiger charge is 2.14. The van der Waals surface area contributed by atoms with Crippen molar-refractivity contribution in [1.29, 1.82) is 0 Å². The van der Waals surface area contributed by atoms with Gasteiger partial charge in [0.1, 0.15) is 11.5 Å². The monoisotopic (exact) mass is 396 g/mol. The Morgan fingerprint density at radius 2 is 1.95 bits per heavy atom. The van der Waals surface area contributed by atoms with Gasteiger partial charge in [-0.1, -0.05) is 19.9 Å².